The zero-order valence-electron chi connectivity index (χ0n) is 20.5. The normalized spacial score (nSPS) is 14.1. The molecular weight excluding hydrogens is 445 g/mol. The number of amides is 1. The third-order valence-electron chi connectivity index (χ3n) is 5.97. The van der Waals surface area contributed by atoms with Gasteiger partial charge in [-0.25, -0.2) is 4.39 Å². The molecule has 4 rings (SSSR count). The third-order valence-corrected chi connectivity index (χ3v) is 5.97. The lowest BCUT2D eigenvalue weighted by atomic mass is 10.0. The number of carbonyl (C=O) groups excluding carboxylic acids is 1. The highest BCUT2D eigenvalue weighted by atomic mass is 19.1. The van der Waals surface area contributed by atoms with Crippen molar-refractivity contribution in [3.8, 4) is 16.9 Å². The first-order valence-corrected chi connectivity index (χ1v) is 12.0. The highest BCUT2D eigenvalue weighted by molar-refractivity contribution is 5.95. The van der Waals surface area contributed by atoms with Gasteiger partial charge in [-0.2, -0.15) is 0 Å². The van der Waals surface area contributed by atoms with Crippen LogP contribution in [0.4, 0.5) is 4.39 Å². The number of halogens is 1. The predicted molar refractivity (Wildman–Crippen MR) is 133 cm³/mol. The van der Waals surface area contributed by atoms with Gasteiger partial charge < -0.3 is 14.7 Å². The van der Waals surface area contributed by atoms with Crippen molar-refractivity contribution in [1.82, 2.24) is 4.90 Å². The molecular formula is C29H30FNO4. The zero-order chi connectivity index (χ0) is 25.5. The summed E-state index contributed by atoms with van der Waals surface area (Å²) in [5.41, 5.74) is 2.05. The Morgan fingerprint density at radius 3 is 2.43 bits per heavy atom. The van der Waals surface area contributed by atoms with Crippen LogP contribution in [-0.4, -0.2) is 34.5 Å². The molecule has 0 spiro atoms. The van der Waals surface area contributed by atoms with Crippen molar-refractivity contribution >= 4 is 11.9 Å². The number of hydrogen-bond acceptors (Lipinski definition) is 3. The molecule has 1 amide bonds. The van der Waals surface area contributed by atoms with E-state index in [1.165, 1.54) is 17.0 Å². The van der Waals surface area contributed by atoms with Crippen molar-refractivity contribution < 1.29 is 25.2 Å². The molecule has 0 aliphatic heterocycles. The molecule has 1 atom stereocenters. The summed E-state index contributed by atoms with van der Waals surface area (Å²) in [4.78, 5) is 25.6. The number of carboxylic acid groups (broad SMARTS) is 1. The average molecular weight is 477 g/mol. The minimum Gasteiger partial charge on any atom is -0.493 e. The first-order chi connectivity index (χ1) is 17.5. The van der Waals surface area contributed by atoms with Gasteiger partial charge in [-0.15, -0.1) is 0 Å². The maximum atomic E-state index is 15.1. The number of nitrogens with zero attached hydrogens (tertiary/aromatic N) is 1. The van der Waals surface area contributed by atoms with Crippen molar-refractivity contribution in [3.63, 3.8) is 0 Å². The lowest BCUT2D eigenvalue weighted by Crippen LogP contribution is -2.33. The summed E-state index contributed by atoms with van der Waals surface area (Å²) in [6, 6.07) is 21.0. The number of aliphatic carboxylic acids is 1. The Morgan fingerprint density at radius 2 is 1.71 bits per heavy atom. The van der Waals surface area contributed by atoms with Crippen LogP contribution in [0.25, 0.3) is 11.1 Å². The molecule has 1 fully saturated rings. The fourth-order valence-electron chi connectivity index (χ4n) is 3.93. The molecule has 35 heavy (non-hydrogen) atoms. The van der Waals surface area contributed by atoms with Gasteiger partial charge in [0, 0.05) is 24.5 Å². The van der Waals surface area contributed by atoms with E-state index < -0.39 is 24.2 Å². The van der Waals surface area contributed by atoms with E-state index in [-0.39, 0.29) is 18.0 Å². The summed E-state index contributed by atoms with van der Waals surface area (Å²) in [7, 11) is 0. The molecule has 3 aromatic carbocycles. The molecule has 5 nitrogen and oxygen atoms in total. The quantitative estimate of drug-likeness (QED) is 0.311. The van der Waals surface area contributed by atoms with Gasteiger partial charge in [0.2, 0.25) is 0 Å². The SMILES string of the molecule is [2H]C(c1ccccc1OCCCCCC(=O)O)N(C(=O)c1ccc(-c2ccccc2)cc1F)C1CC1. The molecule has 1 saturated carbocycles. The highest BCUT2D eigenvalue weighted by Gasteiger charge is 2.34. The third kappa shape index (κ3) is 6.69. The first-order valence-electron chi connectivity index (χ1n) is 12.6. The van der Waals surface area contributed by atoms with Gasteiger partial charge in [-0.05, 0) is 61.4 Å². The van der Waals surface area contributed by atoms with Crippen LogP contribution in [0.1, 0.15) is 55.8 Å². The molecule has 0 heterocycles. The van der Waals surface area contributed by atoms with E-state index in [9.17, 15) is 9.59 Å². The van der Waals surface area contributed by atoms with Crippen molar-refractivity contribution in [2.24, 2.45) is 0 Å². The number of carboxylic acids is 1. The standard InChI is InChI=1S/C29H30FNO4/c30-26-19-22(21-9-3-1-4-10-21)14-17-25(26)29(34)31(24-15-16-24)20-23-11-6-7-12-27(23)35-18-8-2-5-13-28(32)33/h1,3-4,6-7,9-12,14,17,19,24H,2,5,8,13,15-16,18,20H2,(H,32,33)/i20D. The van der Waals surface area contributed by atoms with Crippen molar-refractivity contribution in [1.29, 1.82) is 0 Å². The summed E-state index contributed by atoms with van der Waals surface area (Å²) in [6.45, 7) is -0.655. The van der Waals surface area contributed by atoms with E-state index in [0.717, 1.165) is 24.8 Å². The van der Waals surface area contributed by atoms with Crippen molar-refractivity contribution in [2.45, 2.75) is 51.1 Å². The van der Waals surface area contributed by atoms with Gasteiger partial charge in [-0.1, -0.05) is 54.6 Å². The van der Waals surface area contributed by atoms with E-state index in [1.807, 2.05) is 30.3 Å². The minimum absolute atomic E-state index is 0.0457. The topological polar surface area (TPSA) is 66.8 Å². The molecule has 0 bridgehead atoms. The summed E-state index contributed by atoms with van der Waals surface area (Å²) < 4.78 is 30.0. The maximum Gasteiger partial charge on any atom is 0.303 e. The van der Waals surface area contributed by atoms with Crippen LogP contribution in [0.2, 0.25) is 0 Å². The predicted octanol–water partition coefficient (Wildman–Crippen LogP) is 6.32. The number of para-hydroxylation sites is 1. The molecule has 0 aromatic heterocycles. The number of unbranched alkanes of at least 4 members (excludes halogenated alkanes) is 2. The zero-order valence-corrected chi connectivity index (χ0v) is 19.5. The molecule has 3 aromatic rings. The minimum atomic E-state index is -1.04. The lowest BCUT2D eigenvalue weighted by molar-refractivity contribution is -0.137. The highest BCUT2D eigenvalue weighted by Crippen LogP contribution is 2.33. The Kier molecular flexibility index (Phi) is 7.68. The van der Waals surface area contributed by atoms with Crippen LogP contribution in [0.5, 0.6) is 5.75 Å². The average Bonchev–Trinajstić information content (AvgIpc) is 3.72. The van der Waals surface area contributed by atoms with E-state index in [0.29, 0.717) is 36.3 Å². The summed E-state index contributed by atoms with van der Waals surface area (Å²) in [5, 5.41) is 8.75. The second-order valence-electron chi connectivity index (χ2n) is 8.72. The van der Waals surface area contributed by atoms with E-state index >= 15 is 4.39 Å². The molecule has 1 aliphatic carbocycles. The van der Waals surface area contributed by atoms with Crippen LogP contribution in [0.15, 0.2) is 72.8 Å². The number of hydrogen-bond donors (Lipinski definition) is 1. The maximum absolute atomic E-state index is 15.1. The van der Waals surface area contributed by atoms with Crippen molar-refractivity contribution in [2.75, 3.05) is 6.61 Å². The van der Waals surface area contributed by atoms with Gasteiger partial charge in [-0.3, -0.25) is 9.59 Å². The van der Waals surface area contributed by atoms with Gasteiger partial charge in [0.05, 0.1) is 13.5 Å². The van der Waals surface area contributed by atoms with E-state index in [1.54, 1.807) is 30.3 Å². The van der Waals surface area contributed by atoms with Crippen LogP contribution in [0.3, 0.4) is 0 Å². The molecule has 1 N–H and O–H groups in total. The van der Waals surface area contributed by atoms with E-state index in [4.69, 9.17) is 11.2 Å². The number of benzene rings is 3. The van der Waals surface area contributed by atoms with E-state index in [2.05, 4.69) is 0 Å². The Labute approximate surface area is 206 Å². The number of rotatable bonds is 12. The number of ether oxygens (including phenoxy) is 1. The fraction of sp³-hybridized carbons (Fsp3) is 0.310. The van der Waals surface area contributed by atoms with Gasteiger partial charge in [0.25, 0.3) is 5.91 Å². The molecule has 1 unspecified atom stereocenters. The molecule has 6 heteroatoms. The Bertz CT molecular complexity index is 1200. The Morgan fingerprint density at radius 1 is 0.971 bits per heavy atom. The van der Waals surface area contributed by atoms with Gasteiger partial charge in [0.1, 0.15) is 11.6 Å². The van der Waals surface area contributed by atoms with Crippen LogP contribution < -0.4 is 4.74 Å². The molecule has 182 valence electrons. The second kappa shape index (κ2) is 11.6. The van der Waals surface area contributed by atoms with Gasteiger partial charge >= 0.3 is 5.97 Å². The summed E-state index contributed by atoms with van der Waals surface area (Å²) >= 11 is 0. The van der Waals surface area contributed by atoms with Gasteiger partial charge in [0.15, 0.2) is 0 Å². The summed E-state index contributed by atoms with van der Waals surface area (Å²) in [6.07, 6.45) is 3.68. The lowest BCUT2D eigenvalue weighted by Gasteiger charge is -2.24. The Balaban J connectivity index is 1.49. The fourth-order valence-corrected chi connectivity index (χ4v) is 3.93. The summed E-state index contributed by atoms with van der Waals surface area (Å²) in [5.74, 6) is -1.41. The molecule has 0 radical (unpaired) electrons. The largest absolute Gasteiger partial charge is 0.493 e. The monoisotopic (exact) mass is 476 g/mol. The Hall–Kier alpha value is -3.67. The van der Waals surface area contributed by atoms with Crippen LogP contribution in [0, 0.1) is 5.82 Å². The molecule has 1 aliphatic rings. The smallest absolute Gasteiger partial charge is 0.303 e. The molecule has 0 saturated heterocycles. The van der Waals surface area contributed by atoms with Crippen LogP contribution >= 0.6 is 0 Å². The van der Waals surface area contributed by atoms with Crippen LogP contribution in [-0.2, 0) is 11.3 Å². The first kappa shape index (κ1) is 23.1. The second-order valence-corrected chi connectivity index (χ2v) is 8.72. The van der Waals surface area contributed by atoms with Crippen molar-refractivity contribution in [3.05, 3.63) is 89.7 Å². The number of carbonyl (C=O) groups is 2.